The van der Waals surface area contributed by atoms with Crippen molar-refractivity contribution in [2.75, 3.05) is 16.8 Å². The van der Waals surface area contributed by atoms with Crippen molar-refractivity contribution in [2.24, 2.45) is 0 Å². The number of nitrogens with zero attached hydrogens (tertiary/aromatic N) is 4. The van der Waals surface area contributed by atoms with E-state index in [9.17, 15) is 0 Å². The summed E-state index contributed by atoms with van der Waals surface area (Å²) in [6.45, 7) is 8.38. The Kier molecular flexibility index (Phi) is 7.32. The van der Waals surface area contributed by atoms with E-state index < -0.39 is 0 Å². The molecule has 0 unspecified atom stereocenters. The van der Waals surface area contributed by atoms with Crippen molar-refractivity contribution < 1.29 is 20.1 Å². The van der Waals surface area contributed by atoms with Gasteiger partial charge in [0.05, 0.1) is 0 Å². The van der Waals surface area contributed by atoms with Crippen LogP contribution >= 0.6 is 0 Å². The predicted molar refractivity (Wildman–Crippen MR) is 184 cm³/mol. The molecular weight excluding hydrogens is 729 g/mol. The van der Waals surface area contributed by atoms with E-state index in [0.717, 1.165) is 16.9 Å². The van der Waals surface area contributed by atoms with Gasteiger partial charge in [0.2, 0.25) is 0 Å². The number of aromatic nitrogens is 2. The smallest absolute Gasteiger partial charge is 0.504 e. The van der Waals surface area contributed by atoms with E-state index >= 15 is 0 Å². The van der Waals surface area contributed by atoms with Crippen molar-refractivity contribution in [3.8, 4) is 11.3 Å². The van der Waals surface area contributed by atoms with E-state index in [4.69, 9.17) is 0 Å². The Morgan fingerprint density at radius 2 is 1.47 bits per heavy atom. The summed E-state index contributed by atoms with van der Waals surface area (Å²) in [5.41, 5.74) is 13.0. The first-order valence-electron chi connectivity index (χ1n) is 15.0. The van der Waals surface area contributed by atoms with Crippen LogP contribution in [0.15, 0.2) is 109 Å². The molecule has 8 aromatic rings. The first-order chi connectivity index (χ1) is 21.5. The summed E-state index contributed by atoms with van der Waals surface area (Å²) in [7, 11) is 2.09. The monoisotopic (exact) mass is 760 g/mol. The summed E-state index contributed by atoms with van der Waals surface area (Å²) in [5, 5.41) is 5.05. The van der Waals surface area contributed by atoms with Crippen molar-refractivity contribution in [1.29, 1.82) is 0 Å². The van der Waals surface area contributed by atoms with Gasteiger partial charge in [-0.2, -0.15) is 6.67 Å². The summed E-state index contributed by atoms with van der Waals surface area (Å²) < 4.78 is 2.39. The normalized spacial score (nSPS) is 12.5. The fraction of sp³-hybridized carbons (Fsp3) is 0.100. The van der Waals surface area contributed by atoms with E-state index in [1.807, 2.05) is 12.3 Å². The molecule has 220 valence electrons. The average molecular weight is 760 g/mol. The molecule has 1 aliphatic rings. The standard InChI is InChI=1S/C26H17N3.C14H14N.Ir/c1-27-16-28(25-12-5-4-11-24(25)27)17-13-14-23-21(15-17)20-9-6-8-19-18-7-2-3-10-22(18)29(23)26(19)20;1-10-4-6-13(7-5-10)14-8-11(2)12(3)9-15-14;/h2-14,16H,1H3;4-6,8-9H,1-3H3;/q-2;-1;+3. The molecule has 4 nitrogen and oxygen atoms in total. The topological polar surface area (TPSA) is 23.8 Å². The molecule has 0 saturated heterocycles. The van der Waals surface area contributed by atoms with Crippen LogP contribution in [0.4, 0.5) is 17.1 Å². The molecule has 0 fully saturated rings. The summed E-state index contributed by atoms with van der Waals surface area (Å²) in [6, 6.07) is 43.4. The maximum Gasteiger partial charge on any atom is 3.00 e. The Hall–Kier alpha value is -4.70. The van der Waals surface area contributed by atoms with Gasteiger partial charge in [-0.05, 0) is 61.3 Å². The van der Waals surface area contributed by atoms with Crippen molar-refractivity contribution in [1.82, 2.24) is 9.38 Å². The Morgan fingerprint density at radius 3 is 2.27 bits per heavy atom. The molecule has 5 heteroatoms. The van der Waals surface area contributed by atoms with Crippen LogP contribution in [-0.4, -0.2) is 16.4 Å². The maximum absolute atomic E-state index is 4.41. The summed E-state index contributed by atoms with van der Waals surface area (Å²) >= 11 is 0. The van der Waals surface area contributed by atoms with Gasteiger partial charge in [0.15, 0.2) is 0 Å². The zero-order valence-electron chi connectivity index (χ0n) is 25.6. The van der Waals surface area contributed by atoms with E-state index in [0.29, 0.717) is 0 Å². The molecule has 5 aromatic carbocycles. The van der Waals surface area contributed by atoms with Crippen LogP contribution in [0, 0.1) is 39.6 Å². The van der Waals surface area contributed by atoms with E-state index in [1.165, 1.54) is 66.2 Å². The number of para-hydroxylation sites is 4. The van der Waals surface area contributed by atoms with Crippen LogP contribution in [-0.2, 0) is 20.1 Å². The van der Waals surface area contributed by atoms with Crippen molar-refractivity contribution >= 4 is 55.2 Å². The van der Waals surface area contributed by atoms with Gasteiger partial charge in [-0.3, -0.25) is 0 Å². The minimum absolute atomic E-state index is 0. The van der Waals surface area contributed by atoms with Gasteiger partial charge in [0.25, 0.3) is 0 Å². The molecule has 0 N–H and O–H groups in total. The van der Waals surface area contributed by atoms with Gasteiger partial charge in [0.1, 0.15) is 0 Å². The summed E-state index contributed by atoms with van der Waals surface area (Å²) in [4.78, 5) is 8.79. The Morgan fingerprint density at radius 1 is 0.711 bits per heavy atom. The number of rotatable bonds is 2. The van der Waals surface area contributed by atoms with Gasteiger partial charge in [-0.25, -0.2) is 0 Å². The van der Waals surface area contributed by atoms with Crippen LogP contribution in [0.2, 0.25) is 0 Å². The third-order valence-corrected chi connectivity index (χ3v) is 8.80. The van der Waals surface area contributed by atoms with Crippen LogP contribution in [0.1, 0.15) is 16.7 Å². The summed E-state index contributed by atoms with van der Waals surface area (Å²) in [5.74, 6) is 0. The molecule has 0 atom stereocenters. The molecule has 0 spiro atoms. The molecule has 0 radical (unpaired) electrons. The van der Waals surface area contributed by atoms with E-state index in [1.54, 1.807) is 0 Å². The molecule has 0 amide bonds. The third-order valence-electron chi connectivity index (χ3n) is 8.80. The second-order valence-electron chi connectivity index (χ2n) is 11.7. The van der Waals surface area contributed by atoms with Crippen LogP contribution < -0.4 is 9.80 Å². The fourth-order valence-corrected chi connectivity index (χ4v) is 6.37. The first kappa shape index (κ1) is 29.0. The molecule has 45 heavy (non-hydrogen) atoms. The number of hydrogen-bond donors (Lipinski definition) is 0. The number of benzene rings is 5. The van der Waals surface area contributed by atoms with Gasteiger partial charge >= 0.3 is 20.1 Å². The number of anilines is 3. The minimum Gasteiger partial charge on any atom is -0.504 e. The molecule has 1 aliphatic heterocycles. The predicted octanol–water partition coefficient (Wildman–Crippen LogP) is 9.82. The minimum atomic E-state index is 0. The molecule has 3 aromatic heterocycles. The van der Waals surface area contributed by atoms with Crippen molar-refractivity contribution in [3.63, 3.8) is 0 Å². The van der Waals surface area contributed by atoms with E-state index in [2.05, 4.69) is 163 Å². The SMILES string of the molecule is CN1[CH-]N(c2[c-]c3c4cccc5c6ccccc6n(c3cc2)c45)c2ccccc21.Cc1c[c-]c(-c2cc(C)c(C)cn2)cc1.[Ir+3]. The van der Waals surface area contributed by atoms with E-state index in [-0.39, 0.29) is 20.1 Å². The van der Waals surface area contributed by atoms with Crippen molar-refractivity contribution in [3.05, 3.63) is 145 Å². The molecule has 0 saturated carbocycles. The number of fused-ring (bicyclic) bond motifs is 7. The second-order valence-corrected chi connectivity index (χ2v) is 11.7. The average Bonchev–Trinajstić information content (AvgIpc) is 3.70. The maximum atomic E-state index is 4.41. The quantitative estimate of drug-likeness (QED) is 0.164. The first-order valence-corrected chi connectivity index (χ1v) is 15.0. The van der Waals surface area contributed by atoms with Gasteiger partial charge in [0, 0.05) is 34.0 Å². The summed E-state index contributed by atoms with van der Waals surface area (Å²) in [6.07, 6.45) is 1.92. The van der Waals surface area contributed by atoms with Crippen molar-refractivity contribution in [2.45, 2.75) is 20.8 Å². The van der Waals surface area contributed by atoms with Crippen LogP contribution in [0.5, 0.6) is 0 Å². The third kappa shape index (κ3) is 4.75. The van der Waals surface area contributed by atoms with Crippen LogP contribution in [0.25, 0.3) is 49.4 Å². The molecule has 4 heterocycles. The molecule has 0 bridgehead atoms. The number of pyridine rings is 1. The fourth-order valence-electron chi connectivity index (χ4n) is 6.37. The Balaban J connectivity index is 0.000000173. The van der Waals surface area contributed by atoms with Gasteiger partial charge < -0.3 is 19.2 Å². The largest absolute Gasteiger partial charge is 3.00 e. The Bertz CT molecular complexity index is 2320. The number of hydrogen-bond acceptors (Lipinski definition) is 3. The van der Waals surface area contributed by atoms with Gasteiger partial charge in [-0.1, -0.05) is 78.2 Å². The second kappa shape index (κ2) is 11.3. The molecule has 9 rings (SSSR count). The zero-order chi connectivity index (χ0) is 29.9. The van der Waals surface area contributed by atoms with Gasteiger partial charge in [-0.15, -0.1) is 59.0 Å². The number of aryl methyl sites for hydroxylation is 3. The molecule has 0 aliphatic carbocycles. The zero-order valence-corrected chi connectivity index (χ0v) is 28.0. The Labute approximate surface area is 277 Å². The van der Waals surface area contributed by atoms with Crippen LogP contribution in [0.3, 0.4) is 0 Å². The molecular formula is C40H31IrN4.